The Morgan fingerprint density at radius 3 is 2.42 bits per heavy atom. The molecule has 31 heavy (non-hydrogen) atoms. The zero-order valence-corrected chi connectivity index (χ0v) is 17.4. The number of hydrogen-bond acceptors (Lipinski definition) is 6. The van der Waals surface area contributed by atoms with Crippen LogP contribution in [0, 0.1) is 0 Å². The van der Waals surface area contributed by atoms with Crippen LogP contribution in [-0.2, 0) is 29.2 Å². The minimum atomic E-state index is -4.75. The number of carboxylic acid groups (broad SMARTS) is 1. The Kier molecular flexibility index (Phi) is 6.09. The molecule has 0 radical (unpaired) electrons. The van der Waals surface area contributed by atoms with Gasteiger partial charge in [0, 0.05) is 24.5 Å². The topological polar surface area (TPSA) is 118 Å². The van der Waals surface area contributed by atoms with Crippen molar-refractivity contribution in [1.82, 2.24) is 23.8 Å². The number of aromatic nitrogens is 4. The first-order chi connectivity index (χ1) is 14.4. The molecular weight excluding hydrogens is 463 g/mol. The molecule has 3 aromatic rings. The van der Waals surface area contributed by atoms with Crippen molar-refractivity contribution in [3.05, 3.63) is 47.1 Å². The van der Waals surface area contributed by atoms with Gasteiger partial charge in [-0.05, 0) is 31.2 Å². The Labute approximate surface area is 179 Å². The van der Waals surface area contributed by atoms with Crippen LogP contribution in [0.2, 0.25) is 5.02 Å². The molecule has 14 heteroatoms. The molecule has 0 aliphatic rings. The molecule has 3 rings (SSSR count). The summed E-state index contributed by atoms with van der Waals surface area (Å²) in [6.07, 6.45) is -5.73. The number of nitrogens with zero attached hydrogens (tertiary/aromatic N) is 5. The lowest BCUT2D eigenvalue weighted by Crippen LogP contribution is -2.37. The van der Waals surface area contributed by atoms with E-state index >= 15 is 0 Å². The lowest BCUT2D eigenvalue weighted by molar-refractivity contribution is -0.144. The highest BCUT2D eigenvalue weighted by Gasteiger charge is 2.35. The summed E-state index contributed by atoms with van der Waals surface area (Å²) in [5, 5.41) is 9.72. The van der Waals surface area contributed by atoms with Gasteiger partial charge in [-0.1, -0.05) is 11.6 Å². The zero-order valence-electron chi connectivity index (χ0n) is 15.8. The van der Waals surface area contributed by atoms with Crippen molar-refractivity contribution in [1.29, 1.82) is 0 Å². The Bertz CT molecular complexity index is 1230. The van der Waals surface area contributed by atoms with Crippen molar-refractivity contribution in [2.75, 3.05) is 6.54 Å². The fraction of sp³-hybridized carbons (Fsp3) is 0.294. The molecule has 0 bridgehead atoms. The highest BCUT2D eigenvalue weighted by atomic mass is 35.5. The molecule has 1 N–H and O–H groups in total. The predicted octanol–water partition coefficient (Wildman–Crippen LogP) is 3.43. The van der Waals surface area contributed by atoms with Gasteiger partial charge in [0.05, 0.1) is 11.1 Å². The molecule has 2 heterocycles. The minimum absolute atomic E-state index is 0.0762. The number of rotatable bonds is 6. The third-order valence-corrected chi connectivity index (χ3v) is 6.33. The summed E-state index contributed by atoms with van der Waals surface area (Å²) >= 11 is 5.74. The monoisotopic (exact) mass is 477 g/mol. The molecule has 0 aliphatic heterocycles. The first-order valence-electron chi connectivity index (χ1n) is 8.75. The summed E-state index contributed by atoms with van der Waals surface area (Å²) < 4.78 is 65.8. The molecule has 1 amide bonds. The number of halogens is 4. The average Bonchev–Trinajstić information content (AvgIpc) is 3.03. The van der Waals surface area contributed by atoms with Crippen molar-refractivity contribution < 1.29 is 31.5 Å². The van der Waals surface area contributed by atoms with Crippen molar-refractivity contribution >= 4 is 38.9 Å². The third kappa shape index (κ3) is 4.56. The standard InChI is InChI=1S/C17H15ClF3N5O4S/c1-2-25-13(23-12-9-22-15(17(19,20)21)24-14(12)25)7-8-26(16(27)28)31(29,30)11-5-3-10(18)4-6-11/h3-6,9H,2,7-8H2,1H3,(H,27,28). The summed E-state index contributed by atoms with van der Waals surface area (Å²) in [5.41, 5.74) is -0.00505. The Morgan fingerprint density at radius 2 is 1.87 bits per heavy atom. The fourth-order valence-corrected chi connectivity index (χ4v) is 4.28. The number of sulfonamides is 1. The van der Waals surface area contributed by atoms with E-state index in [4.69, 9.17) is 11.6 Å². The minimum Gasteiger partial charge on any atom is -0.464 e. The maximum atomic E-state index is 12.9. The highest BCUT2D eigenvalue weighted by molar-refractivity contribution is 7.89. The van der Waals surface area contributed by atoms with Crippen LogP contribution >= 0.6 is 11.6 Å². The number of carbonyl (C=O) groups is 1. The molecule has 0 unspecified atom stereocenters. The largest absolute Gasteiger partial charge is 0.464 e. The second-order valence-electron chi connectivity index (χ2n) is 6.24. The average molecular weight is 478 g/mol. The second-order valence-corrected chi connectivity index (χ2v) is 8.53. The number of amides is 1. The second kappa shape index (κ2) is 8.30. The summed E-state index contributed by atoms with van der Waals surface area (Å²) in [6.45, 7) is 1.31. The summed E-state index contributed by atoms with van der Waals surface area (Å²) in [7, 11) is -4.40. The Balaban J connectivity index is 1.93. The fourth-order valence-electron chi connectivity index (χ4n) is 2.88. The molecule has 1 aromatic carbocycles. The molecule has 0 aliphatic carbocycles. The van der Waals surface area contributed by atoms with E-state index in [9.17, 15) is 31.5 Å². The number of alkyl halides is 3. The summed E-state index contributed by atoms with van der Waals surface area (Å²) in [6, 6.07) is 4.95. The van der Waals surface area contributed by atoms with Crippen LogP contribution in [0.25, 0.3) is 11.2 Å². The van der Waals surface area contributed by atoms with Crippen molar-refractivity contribution in [2.24, 2.45) is 0 Å². The SMILES string of the molecule is CCn1c(CCN(C(=O)O)S(=O)(=O)c2ccc(Cl)cc2)nc2cnc(C(F)(F)F)nc21. The molecule has 0 saturated carbocycles. The number of imidazole rings is 1. The Hall–Kier alpha value is -2.93. The van der Waals surface area contributed by atoms with E-state index in [1.807, 2.05) is 0 Å². The molecule has 0 atom stereocenters. The van der Waals surface area contributed by atoms with Crippen LogP contribution < -0.4 is 0 Å². The lowest BCUT2D eigenvalue weighted by atomic mass is 10.4. The van der Waals surface area contributed by atoms with Crippen molar-refractivity contribution in [2.45, 2.75) is 31.0 Å². The maximum absolute atomic E-state index is 12.9. The van der Waals surface area contributed by atoms with E-state index in [2.05, 4.69) is 15.0 Å². The predicted molar refractivity (Wildman–Crippen MR) is 103 cm³/mol. The van der Waals surface area contributed by atoms with Gasteiger partial charge in [0.15, 0.2) is 5.65 Å². The molecule has 9 nitrogen and oxygen atoms in total. The Morgan fingerprint density at radius 1 is 1.23 bits per heavy atom. The van der Waals surface area contributed by atoms with Gasteiger partial charge in [0.2, 0.25) is 5.82 Å². The van der Waals surface area contributed by atoms with E-state index in [0.717, 1.165) is 6.20 Å². The lowest BCUT2D eigenvalue weighted by Gasteiger charge is -2.19. The quantitative estimate of drug-likeness (QED) is 0.577. The first-order valence-corrected chi connectivity index (χ1v) is 10.6. The van der Waals surface area contributed by atoms with E-state index in [1.165, 1.54) is 28.8 Å². The number of aryl methyl sites for hydroxylation is 1. The molecule has 166 valence electrons. The van der Waals surface area contributed by atoms with Gasteiger partial charge in [-0.25, -0.2) is 32.5 Å². The van der Waals surface area contributed by atoms with Crippen LogP contribution in [0.3, 0.4) is 0 Å². The van der Waals surface area contributed by atoms with Gasteiger partial charge >= 0.3 is 12.3 Å². The van der Waals surface area contributed by atoms with Gasteiger partial charge in [-0.3, -0.25) is 0 Å². The van der Waals surface area contributed by atoms with E-state index in [0.29, 0.717) is 0 Å². The van der Waals surface area contributed by atoms with Gasteiger partial charge in [-0.2, -0.15) is 13.2 Å². The summed E-state index contributed by atoms with van der Waals surface area (Å²) in [5.74, 6) is -1.16. The summed E-state index contributed by atoms with van der Waals surface area (Å²) in [4.78, 5) is 22.3. The molecule has 0 fully saturated rings. The van der Waals surface area contributed by atoms with Crippen LogP contribution in [0.4, 0.5) is 18.0 Å². The molecule has 2 aromatic heterocycles. The van der Waals surface area contributed by atoms with Crippen LogP contribution in [0.5, 0.6) is 0 Å². The smallest absolute Gasteiger partial charge is 0.451 e. The third-order valence-electron chi connectivity index (χ3n) is 4.29. The molecule has 0 spiro atoms. The van der Waals surface area contributed by atoms with Crippen LogP contribution in [0.15, 0.2) is 35.4 Å². The van der Waals surface area contributed by atoms with E-state index in [1.54, 1.807) is 6.92 Å². The number of benzene rings is 1. The van der Waals surface area contributed by atoms with Crippen molar-refractivity contribution in [3.8, 4) is 0 Å². The molecular formula is C17H15ClF3N5O4S. The van der Waals surface area contributed by atoms with E-state index in [-0.39, 0.29) is 44.2 Å². The highest BCUT2D eigenvalue weighted by Crippen LogP contribution is 2.27. The first kappa shape index (κ1) is 22.7. The molecule has 0 saturated heterocycles. The van der Waals surface area contributed by atoms with Crippen LogP contribution in [0.1, 0.15) is 18.6 Å². The van der Waals surface area contributed by atoms with Crippen molar-refractivity contribution in [3.63, 3.8) is 0 Å². The van der Waals surface area contributed by atoms with E-state index < -0.39 is 34.7 Å². The van der Waals surface area contributed by atoms with Gasteiger partial charge in [0.25, 0.3) is 10.0 Å². The van der Waals surface area contributed by atoms with Gasteiger partial charge in [-0.15, -0.1) is 0 Å². The maximum Gasteiger partial charge on any atom is 0.451 e. The van der Waals surface area contributed by atoms with Crippen LogP contribution in [-0.4, -0.2) is 50.0 Å². The van der Waals surface area contributed by atoms with Gasteiger partial charge < -0.3 is 9.67 Å². The van der Waals surface area contributed by atoms with Gasteiger partial charge in [0.1, 0.15) is 11.3 Å². The number of fused-ring (bicyclic) bond motifs is 1. The normalized spacial score (nSPS) is 12.3. The number of hydrogen-bond donors (Lipinski definition) is 1. The zero-order chi connectivity index (χ0) is 23.0.